The molecule has 224 valence electrons. The van der Waals surface area contributed by atoms with Crippen LogP contribution in [0.25, 0.3) is 11.5 Å². The van der Waals surface area contributed by atoms with E-state index in [2.05, 4.69) is 15.2 Å². The van der Waals surface area contributed by atoms with Crippen LogP contribution < -0.4 is 4.90 Å². The fourth-order valence-corrected chi connectivity index (χ4v) is 5.11. The van der Waals surface area contributed by atoms with Crippen LogP contribution in [0.3, 0.4) is 0 Å². The van der Waals surface area contributed by atoms with Crippen molar-refractivity contribution in [1.29, 1.82) is 0 Å². The van der Waals surface area contributed by atoms with Gasteiger partial charge in [0.1, 0.15) is 5.60 Å². The summed E-state index contributed by atoms with van der Waals surface area (Å²) in [5, 5.41) is 6.93. The van der Waals surface area contributed by atoms with E-state index in [1.54, 1.807) is 47.4 Å². The monoisotopic (exact) mass is 586 g/mol. The Labute approximate surface area is 241 Å². The first-order chi connectivity index (χ1) is 19.9. The molecule has 2 aliphatic rings. The lowest BCUT2D eigenvalue weighted by Crippen LogP contribution is -2.69. The van der Waals surface area contributed by atoms with Crippen LogP contribution in [0.5, 0.6) is 0 Å². The highest BCUT2D eigenvalue weighted by Crippen LogP contribution is 2.35. The van der Waals surface area contributed by atoms with Gasteiger partial charge < -0.3 is 19.0 Å². The van der Waals surface area contributed by atoms with Crippen LogP contribution in [-0.2, 0) is 16.1 Å². The van der Waals surface area contributed by atoms with Gasteiger partial charge in [-0.15, -0.1) is 10.2 Å². The molecular formula is C29H33F3N6O4. The summed E-state index contributed by atoms with van der Waals surface area (Å²) >= 11 is 0. The minimum absolute atomic E-state index is 0.00477. The highest BCUT2D eigenvalue weighted by Gasteiger charge is 2.54. The van der Waals surface area contributed by atoms with Gasteiger partial charge in [0.15, 0.2) is 0 Å². The molecule has 0 bridgehead atoms. The maximum Gasteiger partial charge on any atom is 0.410 e. The third kappa shape index (κ3) is 6.56. The Kier molecular flexibility index (Phi) is 8.22. The molecular weight excluding hydrogens is 553 g/mol. The van der Waals surface area contributed by atoms with Crippen molar-refractivity contribution in [3.05, 3.63) is 60.2 Å². The normalized spacial score (nSPS) is 17.6. The van der Waals surface area contributed by atoms with Gasteiger partial charge in [-0.25, -0.2) is 9.18 Å². The van der Waals surface area contributed by atoms with Gasteiger partial charge in [-0.3, -0.25) is 14.7 Å². The molecule has 0 spiro atoms. The Hall–Kier alpha value is -4.00. The van der Waals surface area contributed by atoms with Gasteiger partial charge in [-0.1, -0.05) is 18.2 Å². The molecule has 0 unspecified atom stereocenters. The second-order valence-electron chi connectivity index (χ2n) is 11.6. The predicted molar refractivity (Wildman–Crippen MR) is 146 cm³/mol. The lowest BCUT2D eigenvalue weighted by atomic mass is 9.89. The average molecular weight is 587 g/mol. The SMILES string of the molecule is CC(C)(C)OC(=O)N1CCC(N2CC(F)(C(=O)N(Cc3ccc(-c4nnc(C(F)F)o4)cn3)c3ccccc3)C2)CC1. The maximum absolute atomic E-state index is 16.1. The number of alkyl halides is 3. The Morgan fingerprint density at radius 1 is 1.10 bits per heavy atom. The maximum atomic E-state index is 16.1. The molecule has 2 saturated heterocycles. The van der Waals surface area contributed by atoms with Crippen molar-refractivity contribution in [1.82, 2.24) is 25.0 Å². The first-order valence-electron chi connectivity index (χ1n) is 13.8. The van der Waals surface area contributed by atoms with Crippen LogP contribution >= 0.6 is 0 Å². The van der Waals surface area contributed by atoms with E-state index >= 15 is 4.39 Å². The van der Waals surface area contributed by atoms with E-state index in [0.29, 0.717) is 42.9 Å². The largest absolute Gasteiger partial charge is 0.444 e. The molecule has 2 fully saturated rings. The lowest BCUT2D eigenvalue weighted by molar-refractivity contribution is -0.146. The molecule has 0 radical (unpaired) electrons. The fraction of sp³-hybridized carbons (Fsp3) is 0.483. The molecule has 3 aromatic rings. The van der Waals surface area contributed by atoms with Gasteiger partial charge >= 0.3 is 12.5 Å². The van der Waals surface area contributed by atoms with Gasteiger partial charge in [-0.2, -0.15) is 8.78 Å². The van der Waals surface area contributed by atoms with Gasteiger partial charge in [0.05, 0.1) is 17.8 Å². The van der Waals surface area contributed by atoms with Gasteiger partial charge in [0, 0.05) is 44.1 Å². The summed E-state index contributed by atoms with van der Waals surface area (Å²) in [6, 6.07) is 12.0. The molecule has 2 amide bonds. The van der Waals surface area contributed by atoms with Crippen molar-refractivity contribution in [2.24, 2.45) is 0 Å². The van der Waals surface area contributed by atoms with Crippen LogP contribution in [0.4, 0.5) is 23.7 Å². The number of halogens is 3. The fourth-order valence-electron chi connectivity index (χ4n) is 5.11. The van der Waals surface area contributed by atoms with Crippen LogP contribution in [0.1, 0.15) is 51.6 Å². The van der Waals surface area contributed by atoms with Crippen LogP contribution in [0.2, 0.25) is 0 Å². The average Bonchev–Trinajstić information content (AvgIpc) is 3.45. The molecule has 0 N–H and O–H groups in total. The molecule has 0 saturated carbocycles. The van der Waals surface area contributed by atoms with E-state index in [1.165, 1.54) is 11.1 Å². The first-order valence-corrected chi connectivity index (χ1v) is 13.8. The van der Waals surface area contributed by atoms with Gasteiger partial charge in [0.25, 0.3) is 11.8 Å². The highest BCUT2D eigenvalue weighted by molar-refractivity contribution is 6.00. The number of carbonyl (C=O) groups is 2. The van der Waals surface area contributed by atoms with E-state index in [9.17, 15) is 18.4 Å². The molecule has 2 aliphatic heterocycles. The molecule has 1 aromatic carbocycles. The van der Waals surface area contributed by atoms with Crippen LogP contribution in [0.15, 0.2) is 53.1 Å². The van der Waals surface area contributed by atoms with Gasteiger partial charge in [-0.05, 0) is 57.9 Å². The minimum atomic E-state index is -2.88. The van der Waals surface area contributed by atoms with E-state index in [4.69, 9.17) is 9.15 Å². The molecule has 2 aromatic heterocycles. The number of likely N-dealkylation sites (tertiary alicyclic amines) is 2. The Morgan fingerprint density at radius 2 is 1.79 bits per heavy atom. The Morgan fingerprint density at radius 3 is 2.36 bits per heavy atom. The number of nitrogens with zero attached hydrogens (tertiary/aromatic N) is 6. The highest BCUT2D eigenvalue weighted by atomic mass is 19.3. The summed E-state index contributed by atoms with van der Waals surface area (Å²) < 4.78 is 52.1. The van der Waals surface area contributed by atoms with Crippen LogP contribution in [-0.4, -0.2) is 80.5 Å². The van der Waals surface area contributed by atoms with Crippen molar-refractivity contribution in [3.63, 3.8) is 0 Å². The van der Waals surface area contributed by atoms with Crippen molar-refractivity contribution < 1.29 is 31.9 Å². The van der Waals surface area contributed by atoms with Crippen molar-refractivity contribution in [2.45, 2.75) is 63.9 Å². The van der Waals surface area contributed by atoms with Crippen molar-refractivity contribution >= 4 is 17.7 Å². The van der Waals surface area contributed by atoms with E-state index in [1.807, 2.05) is 25.7 Å². The second kappa shape index (κ2) is 11.7. The summed E-state index contributed by atoms with van der Waals surface area (Å²) in [4.78, 5) is 35.3. The van der Waals surface area contributed by atoms with E-state index < -0.39 is 29.5 Å². The molecule has 5 rings (SSSR count). The molecule has 0 aliphatic carbocycles. The number of para-hydroxylation sites is 1. The number of hydrogen-bond donors (Lipinski definition) is 0. The molecule has 13 heteroatoms. The summed E-state index contributed by atoms with van der Waals surface area (Å²) in [5.74, 6) is -1.55. The molecule has 4 heterocycles. The number of anilines is 1. The van der Waals surface area contributed by atoms with Crippen molar-refractivity contribution in [3.8, 4) is 11.5 Å². The summed E-state index contributed by atoms with van der Waals surface area (Å²) in [6.45, 7) is 6.40. The third-order valence-corrected chi connectivity index (χ3v) is 7.26. The minimum Gasteiger partial charge on any atom is -0.444 e. The topological polar surface area (TPSA) is 105 Å². The smallest absolute Gasteiger partial charge is 0.410 e. The zero-order valence-corrected chi connectivity index (χ0v) is 23.7. The molecule has 10 nitrogen and oxygen atoms in total. The third-order valence-electron chi connectivity index (χ3n) is 7.26. The standard InChI is InChI=1S/C29H33F3N6O4/c1-28(2,3)42-27(40)36-13-11-21(12-14-36)37-17-29(32,18-37)26(39)38(22-7-5-4-6-8-22)16-20-10-9-19(15-33-20)24-34-35-25(41-24)23(30)31/h4-10,15,21,23H,11-14,16-18H2,1-3H3. The summed E-state index contributed by atoms with van der Waals surface area (Å²) in [7, 11) is 0. The first kappa shape index (κ1) is 29.5. The lowest BCUT2D eigenvalue weighted by Gasteiger charge is -2.50. The number of benzene rings is 1. The number of hydrogen-bond acceptors (Lipinski definition) is 8. The molecule has 0 atom stereocenters. The number of pyridine rings is 1. The summed E-state index contributed by atoms with van der Waals surface area (Å²) in [5.41, 5.74) is -1.33. The number of carbonyl (C=O) groups excluding carboxylic acids is 2. The van der Waals surface area contributed by atoms with Crippen LogP contribution in [0, 0.1) is 0 Å². The van der Waals surface area contributed by atoms with E-state index in [0.717, 1.165) is 0 Å². The predicted octanol–water partition coefficient (Wildman–Crippen LogP) is 5.03. The van der Waals surface area contributed by atoms with Crippen molar-refractivity contribution in [2.75, 3.05) is 31.1 Å². The quantitative estimate of drug-likeness (QED) is 0.380. The second-order valence-corrected chi connectivity index (χ2v) is 11.6. The zero-order valence-electron chi connectivity index (χ0n) is 23.7. The number of rotatable bonds is 7. The number of ether oxygens (including phenoxy) is 1. The molecule has 42 heavy (non-hydrogen) atoms. The number of aromatic nitrogens is 3. The van der Waals surface area contributed by atoms with Gasteiger partial charge in [0.2, 0.25) is 11.6 Å². The number of amides is 2. The zero-order chi connectivity index (χ0) is 30.1. The Bertz CT molecular complexity index is 1380. The summed E-state index contributed by atoms with van der Waals surface area (Å²) in [6.07, 6.45) is -0.521. The van der Waals surface area contributed by atoms with E-state index in [-0.39, 0.29) is 37.7 Å². The Balaban J connectivity index is 1.23. The number of piperidine rings is 1.